The van der Waals surface area contributed by atoms with Gasteiger partial charge in [-0.1, -0.05) is 13.8 Å². The fourth-order valence-electron chi connectivity index (χ4n) is 1.92. The van der Waals surface area contributed by atoms with Gasteiger partial charge in [0.05, 0.1) is 6.20 Å². The summed E-state index contributed by atoms with van der Waals surface area (Å²) in [7, 11) is 1.99. The Morgan fingerprint density at radius 3 is 2.65 bits per heavy atom. The predicted octanol–water partition coefficient (Wildman–Crippen LogP) is 1.55. The first-order valence-corrected chi connectivity index (χ1v) is 6.59. The molecular formula is C13H26N4. The average Bonchev–Trinajstić information content (AvgIpc) is 2.64. The Morgan fingerprint density at radius 1 is 1.35 bits per heavy atom. The third-order valence-electron chi connectivity index (χ3n) is 3.24. The normalized spacial score (nSPS) is 11.4. The van der Waals surface area contributed by atoms with Crippen LogP contribution in [0.15, 0.2) is 6.20 Å². The van der Waals surface area contributed by atoms with E-state index < -0.39 is 0 Å². The van der Waals surface area contributed by atoms with Crippen molar-refractivity contribution in [2.45, 2.75) is 33.7 Å². The van der Waals surface area contributed by atoms with Crippen molar-refractivity contribution in [3.63, 3.8) is 0 Å². The molecule has 0 fully saturated rings. The van der Waals surface area contributed by atoms with Crippen molar-refractivity contribution < 1.29 is 0 Å². The first-order chi connectivity index (χ1) is 8.19. The van der Waals surface area contributed by atoms with E-state index in [4.69, 9.17) is 0 Å². The summed E-state index contributed by atoms with van der Waals surface area (Å²) in [6.45, 7) is 12.0. The maximum absolute atomic E-state index is 4.24. The number of rotatable bonds is 8. The van der Waals surface area contributed by atoms with E-state index in [0.717, 1.165) is 26.2 Å². The molecule has 1 N–H and O–H groups in total. The monoisotopic (exact) mass is 238 g/mol. The van der Waals surface area contributed by atoms with Crippen molar-refractivity contribution in [1.29, 1.82) is 0 Å². The van der Waals surface area contributed by atoms with Crippen LogP contribution in [0.25, 0.3) is 0 Å². The molecule has 0 aliphatic rings. The van der Waals surface area contributed by atoms with E-state index in [0.29, 0.717) is 0 Å². The zero-order chi connectivity index (χ0) is 12.7. The minimum atomic E-state index is 0.920. The van der Waals surface area contributed by atoms with Gasteiger partial charge in [-0.2, -0.15) is 5.10 Å². The van der Waals surface area contributed by atoms with Crippen molar-refractivity contribution in [3.05, 3.63) is 17.5 Å². The van der Waals surface area contributed by atoms with Crippen LogP contribution in [0, 0.1) is 6.92 Å². The zero-order valence-corrected chi connectivity index (χ0v) is 11.7. The molecule has 17 heavy (non-hydrogen) atoms. The highest BCUT2D eigenvalue weighted by atomic mass is 15.3. The highest BCUT2D eigenvalue weighted by Gasteiger charge is 2.03. The van der Waals surface area contributed by atoms with Gasteiger partial charge >= 0.3 is 0 Å². The number of hydrogen-bond donors (Lipinski definition) is 1. The smallest absolute Gasteiger partial charge is 0.0537 e. The van der Waals surface area contributed by atoms with Crippen LogP contribution in [0.3, 0.4) is 0 Å². The van der Waals surface area contributed by atoms with Crippen LogP contribution in [0.4, 0.5) is 0 Å². The summed E-state index contributed by atoms with van der Waals surface area (Å²) in [5, 5.41) is 7.73. The quantitative estimate of drug-likeness (QED) is 0.698. The number of hydrogen-bond acceptors (Lipinski definition) is 3. The Morgan fingerprint density at radius 2 is 2.12 bits per heavy atom. The van der Waals surface area contributed by atoms with Crippen molar-refractivity contribution in [2.75, 3.05) is 26.2 Å². The molecule has 0 bridgehead atoms. The second-order valence-electron chi connectivity index (χ2n) is 4.49. The van der Waals surface area contributed by atoms with Gasteiger partial charge in [0.1, 0.15) is 0 Å². The molecule has 0 saturated heterocycles. The van der Waals surface area contributed by atoms with Crippen molar-refractivity contribution in [1.82, 2.24) is 20.0 Å². The Hall–Kier alpha value is -0.870. The molecular weight excluding hydrogens is 212 g/mol. The van der Waals surface area contributed by atoms with Crippen LogP contribution in [-0.4, -0.2) is 40.9 Å². The van der Waals surface area contributed by atoms with Crippen LogP contribution in [0.2, 0.25) is 0 Å². The molecule has 0 spiro atoms. The fourth-order valence-corrected chi connectivity index (χ4v) is 1.92. The van der Waals surface area contributed by atoms with Gasteiger partial charge in [0.25, 0.3) is 0 Å². The van der Waals surface area contributed by atoms with Crippen LogP contribution < -0.4 is 5.32 Å². The molecule has 0 aliphatic heterocycles. The molecule has 0 aromatic carbocycles. The lowest BCUT2D eigenvalue weighted by molar-refractivity contribution is 0.287. The lowest BCUT2D eigenvalue weighted by atomic mass is 10.2. The molecule has 1 aromatic rings. The lowest BCUT2D eigenvalue weighted by Crippen LogP contribution is -2.32. The second kappa shape index (κ2) is 7.45. The summed E-state index contributed by atoms with van der Waals surface area (Å²) < 4.78 is 1.92. The molecule has 4 heteroatoms. The van der Waals surface area contributed by atoms with Crippen molar-refractivity contribution >= 4 is 0 Å². The van der Waals surface area contributed by atoms with E-state index in [9.17, 15) is 0 Å². The van der Waals surface area contributed by atoms with Gasteiger partial charge in [0.2, 0.25) is 0 Å². The number of nitrogens with zero attached hydrogens (tertiary/aromatic N) is 3. The molecule has 1 heterocycles. The molecule has 0 radical (unpaired) electrons. The minimum absolute atomic E-state index is 0.920. The van der Waals surface area contributed by atoms with Crippen LogP contribution in [-0.2, 0) is 13.6 Å². The highest BCUT2D eigenvalue weighted by Crippen LogP contribution is 2.04. The summed E-state index contributed by atoms with van der Waals surface area (Å²) in [6.07, 6.45) is 3.18. The second-order valence-corrected chi connectivity index (χ2v) is 4.49. The first-order valence-electron chi connectivity index (χ1n) is 6.59. The maximum Gasteiger partial charge on any atom is 0.0537 e. The van der Waals surface area contributed by atoms with E-state index >= 15 is 0 Å². The van der Waals surface area contributed by atoms with Crippen LogP contribution in [0.5, 0.6) is 0 Å². The van der Waals surface area contributed by atoms with Gasteiger partial charge in [0, 0.05) is 37.9 Å². The number of aromatic nitrogens is 2. The molecule has 0 amide bonds. The van der Waals surface area contributed by atoms with Gasteiger partial charge in [0.15, 0.2) is 0 Å². The molecule has 0 saturated carbocycles. The summed E-state index contributed by atoms with van der Waals surface area (Å²) in [5.41, 5.74) is 2.55. The average molecular weight is 238 g/mol. The van der Waals surface area contributed by atoms with Gasteiger partial charge in [-0.15, -0.1) is 0 Å². The Labute approximate surface area is 105 Å². The van der Waals surface area contributed by atoms with E-state index in [1.165, 1.54) is 24.2 Å². The lowest BCUT2D eigenvalue weighted by Gasteiger charge is -2.19. The van der Waals surface area contributed by atoms with Gasteiger partial charge < -0.3 is 10.2 Å². The Bertz CT molecular complexity index is 319. The molecule has 0 unspecified atom stereocenters. The van der Waals surface area contributed by atoms with Crippen LogP contribution in [0.1, 0.15) is 31.5 Å². The molecule has 0 aliphatic carbocycles. The highest BCUT2D eigenvalue weighted by molar-refractivity contribution is 5.15. The SMILES string of the molecule is CCCN(CC)CCNCc1cnn(C)c1C. The minimum Gasteiger partial charge on any atom is -0.311 e. The summed E-state index contributed by atoms with van der Waals surface area (Å²) in [6, 6.07) is 0. The summed E-state index contributed by atoms with van der Waals surface area (Å²) in [5.74, 6) is 0. The molecule has 0 atom stereocenters. The van der Waals surface area contributed by atoms with Crippen molar-refractivity contribution in [3.8, 4) is 0 Å². The standard InChI is InChI=1S/C13H26N4/c1-5-8-17(6-2)9-7-14-10-13-11-15-16(4)12(13)3/h11,14H,5-10H2,1-4H3. The summed E-state index contributed by atoms with van der Waals surface area (Å²) in [4.78, 5) is 2.48. The van der Waals surface area contributed by atoms with E-state index in [1.54, 1.807) is 0 Å². The first kappa shape index (κ1) is 14.2. The predicted molar refractivity (Wildman–Crippen MR) is 72.1 cm³/mol. The fraction of sp³-hybridized carbons (Fsp3) is 0.769. The molecule has 98 valence electrons. The number of likely N-dealkylation sites (N-methyl/N-ethyl adjacent to an activating group) is 1. The Kier molecular flexibility index (Phi) is 6.22. The van der Waals surface area contributed by atoms with E-state index in [1.807, 2.05) is 17.9 Å². The summed E-state index contributed by atoms with van der Waals surface area (Å²) >= 11 is 0. The largest absolute Gasteiger partial charge is 0.311 e. The topological polar surface area (TPSA) is 33.1 Å². The number of nitrogens with one attached hydrogen (secondary N) is 1. The number of aryl methyl sites for hydroxylation is 1. The van der Waals surface area contributed by atoms with E-state index in [-0.39, 0.29) is 0 Å². The molecule has 1 rings (SSSR count). The molecule has 1 aromatic heterocycles. The maximum atomic E-state index is 4.24. The van der Waals surface area contributed by atoms with Gasteiger partial charge in [-0.25, -0.2) is 0 Å². The van der Waals surface area contributed by atoms with Crippen molar-refractivity contribution in [2.24, 2.45) is 7.05 Å². The van der Waals surface area contributed by atoms with E-state index in [2.05, 4.69) is 36.1 Å². The third kappa shape index (κ3) is 4.48. The van der Waals surface area contributed by atoms with Gasteiger partial charge in [-0.05, 0) is 26.4 Å². The zero-order valence-electron chi connectivity index (χ0n) is 11.7. The Balaban J connectivity index is 2.22. The van der Waals surface area contributed by atoms with Gasteiger partial charge in [-0.3, -0.25) is 4.68 Å². The third-order valence-corrected chi connectivity index (χ3v) is 3.24. The molecule has 4 nitrogen and oxygen atoms in total. The van der Waals surface area contributed by atoms with Crippen LogP contribution >= 0.6 is 0 Å².